The fourth-order valence-electron chi connectivity index (χ4n) is 3.67. The van der Waals surface area contributed by atoms with Gasteiger partial charge < -0.3 is 5.32 Å². The van der Waals surface area contributed by atoms with Crippen molar-refractivity contribution in [2.45, 2.75) is 17.4 Å². The summed E-state index contributed by atoms with van der Waals surface area (Å²) in [5.74, 6) is -0.264. The van der Waals surface area contributed by atoms with E-state index in [0.717, 1.165) is 21.2 Å². The van der Waals surface area contributed by atoms with E-state index in [1.54, 1.807) is 18.2 Å². The van der Waals surface area contributed by atoms with Crippen LogP contribution < -0.4 is 5.32 Å². The van der Waals surface area contributed by atoms with Crippen LogP contribution in [0.5, 0.6) is 0 Å². The maximum absolute atomic E-state index is 13.2. The summed E-state index contributed by atoms with van der Waals surface area (Å²) in [7, 11) is 0. The number of hydrogen-bond donors (Lipinski definition) is 1. The quantitative estimate of drug-likeness (QED) is 0.200. The number of non-ortho nitro benzene ring substituents is 1. The van der Waals surface area contributed by atoms with E-state index in [0.29, 0.717) is 5.56 Å². The first kappa shape index (κ1) is 23.2. The third kappa shape index (κ3) is 5.68. The van der Waals surface area contributed by atoms with Crippen LogP contribution in [0.25, 0.3) is 10.8 Å². The predicted molar refractivity (Wildman–Crippen MR) is 134 cm³/mol. The lowest BCUT2D eigenvalue weighted by atomic mass is 10.0. The second kappa shape index (κ2) is 10.8. The highest BCUT2D eigenvalue weighted by Gasteiger charge is 2.23. The van der Waals surface area contributed by atoms with Crippen LogP contribution in [0.3, 0.4) is 0 Å². The second-order valence-electron chi connectivity index (χ2n) is 7.75. The number of carbonyl (C=O) groups is 2. The van der Waals surface area contributed by atoms with Crippen molar-refractivity contribution in [3.63, 3.8) is 0 Å². The van der Waals surface area contributed by atoms with Crippen molar-refractivity contribution in [2.75, 3.05) is 5.75 Å². The fourth-order valence-corrected chi connectivity index (χ4v) is 4.53. The van der Waals surface area contributed by atoms with Crippen LogP contribution in [0.15, 0.2) is 102 Å². The number of hydrogen-bond acceptors (Lipinski definition) is 5. The number of carbonyl (C=O) groups excluding carboxylic acids is 2. The summed E-state index contributed by atoms with van der Waals surface area (Å²) in [6, 6.07) is 27.9. The molecule has 0 aliphatic carbocycles. The molecule has 0 saturated heterocycles. The van der Waals surface area contributed by atoms with E-state index < -0.39 is 11.0 Å². The van der Waals surface area contributed by atoms with Crippen molar-refractivity contribution >= 4 is 39.9 Å². The largest absolute Gasteiger partial charge is 0.342 e. The summed E-state index contributed by atoms with van der Waals surface area (Å²) < 4.78 is 0. The van der Waals surface area contributed by atoms with Gasteiger partial charge in [-0.25, -0.2) is 0 Å². The molecular formula is C27H22N2O4S. The number of nitrogens with zero attached hydrogens (tertiary/aromatic N) is 1. The van der Waals surface area contributed by atoms with E-state index in [2.05, 4.69) is 5.32 Å². The Bertz CT molecular complexity index is 1320. The number of Topliss-reactive ketones (excluding diaryl/α,β-unsaturated/α-hetero) is 1. The first-order valence-electron chi connectivity index (χ1n) is 10.7. The van der Waals surface area contributed by atoms with Crippen molar-refractivity contribution in [3.8, 4) is 0 Å². The Morgan fingerprint density at radius 2 is 1.53 bits per heavy atom. The van der Waals surface area contributed by atoms with Crippen molar-refractivity contribution in [1.82, 2.24) is 5.32 Å². The van der Waals surface area contributed by atoms with E-state index in [-0.39, 0.29) is 29.6 Å². The average molecular weight is 471 g/mol. The van der Waals surface area contributed by atoms with E-state index in [9.17, 15) is 19.7 Å². The molecule has 0 fully saturated rings. The van der Waals surface area contributed by atoms with Crippen LogP contribution in [0, 0.1) is 10.1 Å². The molecule has 1 amide bonds. The van der Waals surface area contributed by atoms with Gasteiger partial charge in [-0.15, -0.1) is 11.8 Å². The minimum atomic E-state index is -0.774. The van der Waals surface area contributed by atoms with Crippen LogP contribution in [0.1, 0.15) is 15.9 Å². The molecule has 0 spiro atoms. The maximum atomic E-state index is 13.2. The van der Waals surface area contributed by atoms with Gasteiger partial charge >= 0.3 is 0 Å². The van der Waals surface area contributed by atoms with Crippen molar-refractivity contribution in [2.24, 2.45) is 0 Å². The number of ketones is 1. The number of thioether (sulfide) groups is 1. The number of amides is 1. The molecule has 6 nitrogen and oxygen atoms in total. The number of nitro groups is 1. The average Bonchev–Trinajstić information content (AvgIpc) is 2.87. The molecule has 34 heavy (non-hydrogen) atoms. The molecule has 4 aromatic carbocycles. The molecule has 0 aliphatic heterocycles. The zero-order valence-electron chi connectivity index (χ0n) is 18.2. The smallest absolute Gasteiger partial charge is 0.269 e. The molecule has 0 saturated carbocycles. The lowest BCUT2D eigenvalue weighted by Gasteiger charge is -2.19. The Hall–Kier alpha value is -3.97. The molecule has 0 aliphatic rings. The van der Waals surface area contributed by atoms with Crippen molar-refractivity contribution in [3.05, 3.63) is 118 Å². The summed E-state index contributed by atoms with van der Waals surface area (Å²) in [5, 5.41) is 15.6. The van der Waals surface area contributed by atoms with Gasteiger partial charge in [-0.3, -0.25) is 19.7 Å². The first-order chi connectivity index (χ1) is 16.5. The summed E-state index contributed by atoms with van der Waals surface area (Å²) in [5.41, 5.74) is 1.20. The van der Waals surface area contributed by atoms with E-state index in [1.807, 2.05) is 66.7 Å². The molecule has 0 aromatic heterocycles. The topological polar surface area (TPSA) is 89.3 Å². The van der Waals surface area contributed by atoms with Crippen molar-refractivity contribution in [1.29, 1.82) is 0 Å². The van der Waals surface area contributed by atoms with Gasteiger partial charge in [0.05, 0.1) is 16.7 Å². The zero-order chi connectivity index (χ0) is 23.9. The molecule has 170 valence electrons. The summed E-state index contributed by atoms with van der Waals surface area (Å²) in [4.78, 5) is 37.9. The van der Waals surface area contributed by atoms with Gasteiger partial charge in [0.15, 0.2) is 5.78 Å². The van der Waals surface area contributed by atoms with Gasteiger partial charge in [-0.05, 0) is 41.0 Å². The SMILES string of the molecule is O=C(N[C@H](Cc1ccc([N+](=O)[O-])cc1)C(=O)CSc1ccccc1)c1cccc2ccccc12. The third-order valence-electron chi connectivity index (χ3n) is 5.44. The van der Waals surface area contributed by atoms with E-state index in [1.165, 1.54) is 23.9 Å². The monoisotopic (exact) mass is 470 g/mol. The highest BCUT2D eigenvalue weighted by atomic mass is 32.2. The van der Waals surface area contributed by atoms with Gasteiger partial charge in [0.2, 0.25) is 0 Å². The molecule has 1 N–H and O–H groups in total. The van der Waals surface area contributed by atoms with Gasteiger partial charge in [0.1, 0.15) is 0 Å². The van der Waals surface area contributed by atoms with Gasteiger partial charge in [-0.1, -0.05) is 66.7 Å². The molecule has 1 atom stereocenters. The van der Waals surface area contributed by atoms with Gasteiger partial charge in [-0.2, -0.15) is 0 Å². The minimum Gasteiger partial charge on any atom is -0.342 e. The maximum Gasteiger partial charge on any atom is 0.269 e. The number of benzene rings is 4. The number of rotatable bonds is 9. The summed E-state index contributed by atoms with van der Waals surface area (Å²) in [6.07, 6.45) is 0.239. The van der Waals surface area contributed by atoms with Crippen LogP contribution in [0.2, 0.25) is 0 Å². The molecule has 7 heteroatoms. The number of fused-ring (bicyclic) bond motifs is 1. The van der Waals surface area contributed by atoms with Crippen LogP contribution in [-0.2, 0) is 11.2 Å². The molecule has 0 unspecified atom stereocenters. The lowest BCUT2D eigenvalue weighted by Crippen LogP contribution is -2.43. The summed E-state index contributed by atoms with van der Waals surface area (Å²) in [6.45, 7) is 0. The standard InChI is InChI=1S/C27H22N2O4S/c30-26(18-34-22-9-2-1-3-10-22)25(17-19-13-15-21(16-14-19)29(32)33)28-27(31)24-12-6-8-20-7-4-5-11-23(20)24/h1-16,25H,17-18H2,(H,28,31)/t25-/m1/s1. The van der Waals surface area contributed by atoms with E-state index in [4.69, 9.17) is 0 Å². The fraction of sp³-hybridized carbons (Fsp3) is 0.111. The molecule has 4 rings (SSSR count). The van der Waals surface area contributed by atoms with Gasteiger partial charge in [0.25, 0.3) is 11.6 Å². The minimum absolute atomic E-state index is 0.0222. The summed E-state index contributed by atoms with van der Waals surface area (Å²) >= 11 is 1.41. The Morgan fingerprint density at radius 3 is 2.26 bits per heavy atom. The van der Waals surface area contributed by atoms with Crippen molar-refractivity contribution < 1.29 is 14.5 Å². The highest BCUT2D eigenvalue weighted by molar-refractivity contribution is 8.00. The molecule has 0 bridgehead atoms. The third-order valence-corrected chi connectivity index (χ3v) is 6.47. The second-order valence-corrected chi connectivity index (χ2v) is 8.80. The Labute approximate surface area is 201 Å². The predicted octanol–water partition coefficient (Wildman–Crippen LogP) is 5.45. The zero-order valence-corrected chi connectivity index (χ0v) is 19.0. The number of nitro benzene ring substituents is 1. The Balaban J connectivity index is 1.56. The van der Waals surface area contributed by atoms with Gasteiger partial charge in [0, 0.05) is 22.6 Å². The first-order valence-corrected chi connectivity index (χ1v) is 11.7. The molecule has 0 heterocycles. The normalized spacial score (nSPS) is 11.6. The Kier molecular flexibility index (Phi) is 7.34. The van der Waals surface area contributed by atoms with Crippen LogP contribution >= 0.6 is 11.8 Å². The molecular weight excluding hydrogens is 448 g/mol. The van der Waals surface area contributed by atoms with Crippen LogP contribution in [0.4, 0.5) is 5.69 Å². The molecule has 4 aromatic rings. The highest BCUT2D eigenvalue weighted by Crippen LogP contribution is 2.21. The Morgan fingerprint density at radius 1 is 0.853 bits per heavy atom. The number of nitrogens with one attached hydrogen (secondary N) is 1. The van der Waals surface area contributed by atoms with Crippen LogP contribution in [-0.4, -0.2) is 28.4 Å². The lowest BCUT2D eigenvalue weighted by molar-refractivity contribution is -0.384. The van der Waals surface area contributed by atoms with E-state index >= 15 is 0 Å². The molecule has 0 radical (unpaired) electrons.